The van der Waals surface area contributed by atoms with Gasteiger partial charge in [-0.05, 0) is 93.0 Å². The molecule has 0 aliphatic rings. The summed E-state index contributed by atoms with van der Waals surface area (Å²) in [7, 11) is 0. The lowest BCUT2D eigenvalue weighted by atomic mass is 9.77. The van der Waals surface area contributed by atoms with Gasteiger partial charge in [-0.15, -0.1) is 0 Å². The molecule has 0 unspecified atom stereocenters. The molecule has 0 aliphatic heterocycles. The second kappa shape index (κ2) is 6.20. The van der Waals surface area contributed by atoms with Gasteiger partial charge in [-0.3, -0.25) is 4.79 Å². The highest BCUT2D eigenvalue weighted by atomic mass is 16.4. The molecule has 148 valence electrons. The van der Waals surface area contributed by atoms with Crippen molar-refractivity contribution in [2.24, 2.45) is 0 Å². The zero-order chi connectivity index (χ0) is 21.3. The summed E-state index contributed by atoms with van der Waals surface area (Å²) in [5, 5.41) is 12.9. The van der Waals surface area contributed by atoms with E-state index in [9.17, 15) is 14.7 Å². The summed E-state index contributed by atoms with van der Waals surface area (Å²) >= 11 is 0. The molecule has 28 heavy (non-hydrogen) atoms. The number of rotatable bonds is 2. The molecule has 0 radical (unpaired) electrons. The first-order valence-electron chi connectivity index (χ1n) is 9.52. The number of carbonyl (C=O) groups excluding carboxylic acids is 1. The molecule has 1 heterocycles. The van der Waals surface area contributed by atoms with Crippen LogP contribution in [0.4, 0.5) is 0 Å². The second-order valence-corrected chi connectivity index (χ2v) is 8.50. The standard InChI is InChI=1S/C24H28O4/c1-10-11(2)14(5)21-17(12(10)3)20(25)18-16(7)19(24(8,9)23(26)27)13(4)15(6)22(18)28-21/h1-9H3,(H,26,27)/p-1. The van der Waals surface area contributed by atoms with Crippen molar-refractivity contribution in [1.29, 1.82) is 0 Å². The number of carboxylic acids is 1. The third-order valence-electron chi connectivity index (χ3n) is 6.68. The summed E-state index contributed by atoms with van der Waals surface area (Å²) in [4.78, 5) is 25.5. The highest BCUT2D eigenvalue weighted by molar-refractivity contribution is 5.98. The molecule has 0 saturated carbocycles. The number of aryl methyl sites for hydroxylation is 4. The van der Waals surface area contributed by atoms with Crippen LogP contribution in [0.1, 0.15) is 58.4 Å². The van der Waals surface area contributed by atoms with Gasteiger partial charge in [-0.2, -0.15) is 0 Å². The minimum atomic E-state index is -1.22. The van der Waals surface area contributed by atoms with Crippen LogP contribution in [0.3, 0.4) is 0 Å². The van der Waals surface area contributed by atoms with E-state index in [0.29, 0.717) is 33.1 Å². The van der Waals surface area contributed by atoms with E-state index < -0.39 is 11.4 Å². The Hall–Kier alpha value is -2.62. The molecule has 0 amide bonds. The monoisotopic (exact) mass is 379 g/mol. The molecular weight excluding hydrogens is 352 g/mol. The Morgan fingerprint density at radius 1 is 0.714 bits per heavy atom. The molecule has 0 spiro atoms. The third kappa shape index (κ3) is 2.43. The number of aliphatic carboxylic acids is 1. The molecule has 0 N–H and O–H groups in total. The van der Waals surface area contributed by atoms with E-state index in [1.807, 2.05) is 41.5 Å². The van der Waals surface area contributed by atoms with E-state index in [1.54, 1.807) is 20.8 Å². The first-order chi connectivity index (χ1) is 12.8. The van der Waals surface area contributed by atoms with E-state index in [0.717, 1.165) is 33.4 Å². The molecule has 3 aromatic rings. The summed E-state index contributed by atoms with van der Waals surface area (Å²) in [6.07, 6.45) is 0. The third-order valence-corrected chi connectivity index (χ3v) is 6.68. The lowest BCUT2D eigenvalue weighted by molar-refractivity contribution is -0.312. The highest BCUT2D eigenvalue weighted by Crippen LogP contribution is 2.38. The molecule has 4 nitrogen and oxygen atoms in total. The maximum atomic E-state index is 13.6. The van der Waals surface area contributed by atoms with E-state index in [4.69, 9.17) is 4.42 Å². The molecule has 0 bridgehead atoms. The Balaban J connectivity index is 2.69. The van der Waals surface area contributed by atoms with Crippen LogP contribution >= 0.6 is 0 Å². The van der Waals surface area contributed by atoms with Crippen LogP contribution in [0, 0.1) is 48.5 Å². The van der Waals surface area contributed by atoms with Gasteiger partial charge in [0.25, 0.3) is 0 Å². The molecule has 0 aliphatic carbocycles. The fourth-order valence-corrected chi connectivity index (χ4v) is 4.47. The number of carbonyl (C=O) groups is 1. The number of benzene rings is 2. The quantitative estimate of drug-likeness (QED) is 0.628. The van der Waals surface area contributed by atoms with Crippen LogP contribution in [0.15, 0.2) is 9.21 Å². The van der Waals surface area contributed by atoms with Crippen molar-refractivity contribution < 1.29 is 14.3 Å². The topological polar surface area (TPSA) is 70.3 Å². The highest BCUT2D eigenvalue weighted by Gasteiger charge is 2.30. The smallest absolute Gasteiger partial charge is 0.201 e. The lowest BCUT2D eigenvalue weighted by Gasteiger charge is -2.31. The Labute approximate surface area is 165 Å². The molecule has 0 atom stereocenters. The van der Waals surface area contributed by atoms with Crippen molar-refractivity contribution in [3.8, 4) is 0 Å². The number of carboxylic acid groups (broad SMARTS) is 1. The maximum Gasteiger partial charge on any atom is 0.201 e. The van der Waals surface area contributed by atoms with Crippen molar-refractivity contribution in [3.63, 3.8) is 0 Å². The largest absolute Gasteiger partial charge is 0.549 e. The summed E-state index contributed by atoms with van der Waals surface area (Å²) in [5.41, 5.74) is 6.79. The van der Waals surface area contributed by atoms with Gasteiger partial charge in [-0.25, -0.2) is 0 Å². The van der Waals surface area contributed by atoms with Gasteiger partial charge in [0.2, 0.25) is 5.43 Å². The molecular formula is C24H27O4-. The summed E-state index contributed by atoms with van der Waals surface area (Å²) in [6.45, 7) is 16.8. The predicted molar refractivity (Wildman–Crippen MR) is 111 cm³/mol. The zero-order valence-corrected chi connectivity index (χ0v) is 18.1. The maximum absolute atomic E-state index is 13.6. The molecule has 2 aromatic carbocycles. The van der Waals surface area contributed by atoms with E-state index in [2.05, 4.69) is 0 Å². The minimum absolute atomic E-state index is 0.101. The summed E-state index contributed by atoms with van der Waals surface area (Å²) in [5.74, 6) is -1.17. The molecule has 3 rings (SSSR count). The summed E-state index contributed by atoms with van der Waals surface area (Å²) in [6, 6.07) is 0. The van der Waals surface area contributed by atoms with Gasteiger partial charge >= 0.3 is 0 Å². The lowest BCUT2D eigenvalue weighted by Crippen LogP contribution is -2.42. The van der Waals surface area contributed by atoms with Gasteiger partial charge in [0.15, 0.2) is 0 Å². The fourth-order valence-electron chi connectivity index (χ4n) is 4.47. The van der Waals surface area contributed by atoms with Crippen LogP contribution in [-0.2, 0) is 10.2 Å². The Bertz CT molecular complexity index is 1240. The second-order valence-electron chi connectivity index (χ2n) is 8.50. The van der Waals surface area contributed by atoms with Crippen molar-refractivity contribution in [3.05, 3.63) is 54.7 Å². The first-order valence-corrected chi connectivity index (χ1v) is 9.52. The van der Waals surface area contributed by atoms with Crippen LogP contribution in [0.2, 0.25) is 0 Å². The Morgan fingerprint density at radius 3 is 1.64 bits per heavy atom. The summed E-state index contributed by atoms with van der Waals surface area (Å²) < 4.78 is 6.33. The Kier molecular flexibility index (Phi) is 4.45. The normalized spacial score (nSPS) is 12.2. The molecule has 0 fully saturated rings. The molecule has 4 heteroatoms. The zero-order valence-electron chi connectivity index (χ0n) is 18.1. The minimum Gasteiger partial charge on any atom is -0.549 e. The van der Waals surface area contributed by atoms with Gasteiger partial charge in [0, 0.05) is 5.41 Å². The van der Waals surface area contributed by atoms with Gasteiger partial charge in [0.05, 0.1) is 16.7 Å². The average molecular weight is 379 g/mol. The van der Waals surface area contributed by atoms with Crippen molar-refractivity contribution >= 4 is 27.9 Å². The average Bonchev–Trinajstić information content (AvgIpc) is 2.61. The van der Waals surface area contributed by atoms with E-state index in [-0.39, 0.29) is 5.43 Å². The number of hydrogen-bond acceptors (Lipinski definition) is 4. The molecule has 0 saturated heterocycles. The van der Waals surface area contributed by atoms with E-state index in [1.165, 1.54) is 0 Å². The number of fused-ring (bicyclic) bond motifs is 2. The van der Waals surface area contributed by atoms with Crippen LogP contribution < -0.4 is 10.5 Å². The van der Waals surface area contributed by atoms with Crippen LogP contribution in [0.25, 0.3) is 21.9 Å². The molecule has 1 aromatic heterocycles. The van der Waals surface area contributed by atoms with Gasteiger partial charge in [0.1, 0.15) is 11.2 Å². The SMILES string of the molecule is Cc1c(C)c(C)c2c(=O)c3c(C)c(C(C)(C)C(=O)[O-])c(C)c(C)c3oc2c1C. The van der Waals surface area contributed by atoms with Gasteiger partial charge < -0.3 is 14.3 Å². The van der Waals surface area contributed by atoms with Crippen molar-refractivity contribution in [2.75, 3.05) is 0 Å². The number of hydrogen-bond donors (Lipinski definition) is 0. The van der Waals surface area contributed by atoms with Gasteiger partial charge in [-0.1, -0.05) is 13.8 Å². The van der Waals surface area contributed by atoms with E-state index >= 15 is 0 Å². The van der Waals surface area contributed by atoms with Crippen LogP contribution in [0.5, 0.6) is 0 Å². The Morgan fingerprint density at radius 2 is 1.14 bits per heavy atom. The first kappa shape index (κ1) is 20.1. The van der Waals surface area contributed by atoms with Crippen molar-refractivity contribution in [2.45, 2.75) is 67.7 Å². The van der Waals surface area contributed by atoms with Crippen LogP contribution in [-0.4, -0.2) is 5.97 Å². The predicted octanol–water partition coefficient (Wildman–Crippen LogP) is 4.13. The van der Waals surface area contributed by atoms with Crippen molar-refractivity contribution in [1.82, 2.24) is 0 Å². The fraction of sp³-hybridized carbons (Fsp3) is 0.417.